The molecule has 0 saturated heterocycles. The molecule has 0 fully saturated rings. The molecule has 3 nitrogen and oxygen atoms in total. The first-order chi connectivity index (χ1) is 7.56. The van der Waals surface area contributed by atoms with Gasteiger partial charge in [0.1, 0.15) is 0 Å². The van der Waals surface area contributed by atoms with Crippen LogP contribution in [0.3, 0.4) is 0 Å². The lowest BCUT2D eigenvalue weighted by atomic mass is 9.94. The fraction of sp³-hybridized carbons (Fsp3) is 0.462. The Labute approximate surface area is 96.2 Å². The summed E-state index contributed by atoms with van der Waals surface area (Å²) in [4.78, 5) is 13.9. The number of para-hydroxylation sites is 1. The van der Waals surface area contributed by atoms with E-state index in [1.807, 2.05) is 36.9 Å². The molecule has 0 atom stereocenters. The van der Waals surface area contributed by atoms with Crippen molar-refractivity contribution in [3.63, 3.8) is 0 Å². The summed E-state index contributed by atoms with van der Waals surface area (Å²) in [6.45, 7) is 4.48. The molecule has 0 aliphatic carbocycles. The molecule has 1 aromatic rings. The second-order valence-electron chi connectivity index (χ2n) is 4.87. The van der Waals surface area contributed by atoms with Gasteiger partial charge in [-0.2, -0.15) is 0 Å². The smallest absolute Gasteiger partial charge is 0.227 e. The Morgan fingerprint density at radius 1 is 1.31 bits per heavy atom. The van der Waals surface area contributed by atoms with Crippen molar-refractivity contribution in [2.45, 2.75) is 32.2 Å². The van der Waals surface area contributed by atoms with Crippen LogP contribution < -0.4 is 10.6 Å². The molecule has 0 saturated carbocycles. The van der Waals surface area contributed by atoms with Gasteiger partial charge in [0.2, 0.25) is 5.91 Å². The largest absolute Gasteiger partial charge is 0.328 e. The molecule has 1 heterocycles. The monoisotopic (exact) mass is 218 g/mol. The van der Waals surface area contributed by atoms with Crippen LogP contribution in [0.2, 0.25) is 0 Å². The highest BCUT2D eigenvalue weighted by Crippen LogP contribution is 2.32. The number of nitrogens with two attached hydrogens (primary N) is 1. The molecule has 86 valence electrons. The van der Waals surface area contributed by atoms with Crippen LogP contribution in [-0.2, 0) is 11.2 Å². The van der Waals surface area contributed by atoms with Gasteiger partial charge >= 0.3 is 0 Å². The van der Waals surface area contributed by atoms with Gasteiger partial charge in [0.15, 0.2) is 0 Å². The predicted molar refractivity (Wildman–Crippen MR) is 65.4 cm³/mol. The fourth-order valence-electron chi connectivity index (χ4n) is 2.18. The number of anilines is 1. The molecular formula is C13H18N2O. The van der Waals surface area contributed by atoms with Gasteiger partial charge in [-0.25, -0.2) is 0 Å². The van der Waals surface area contributed by atoms with Crippen LogP contribution in [0.4, 0.5) is 5.69 Å². The number of carbonyl (C=O) groups excluding carboxylic acids is 1. The number of amides is 1. The lowest BCUT2D eigenvalue weighted by Crippen LogP contribution is -2.54. The topological polar surface area (TPSA) is 46.3 Å². The molecule has 3 heteroatoms. The van der Waals surface area contributed by atoms with Crippen molar-refractivity contribution in [3.8, 4) is 0 Å². The van der Waals surface area contributed by atoms with Crippen molar-refractivity contribution < 1.29 is 4.79 Å². The summed E-state index contributed by atoms with van der Waals surface area (Å²) in [5.41, 5.74) is 7.71. The van der Waals surface area contributed by atoms with Crippen LogP contribution >= 0.6 is 0 Å². The Kier molecular flexibility index (Phi) is 2.72. The highest BCUT2D eigenvalue weighted by Gasteiger charge is 2.34. The van der Waals surface area contributed by atoms with Gasteiger partial charge in [-0.15, -0.1) is 0 Å². The summed E-state index contributed by atoms with van der Waals surface area (Å²) < 4.78 is 0. The Morgan fingerprint density at radius 2 is 2.00 bits per heavy atom. The minimum absolute atomic E-state index is 0.175. The van der Waals surface area contributed by atoms with Crippen LogP contribution in [0.15, 0.2) is 24.3 Å². The minimum Gasteiger partial charge on any atom is -0.328 e. The first-order valence-corrected chi connectivity index (χ1v) is 5.67. The van der Waals surface area contributed by atoms with E-state index in [1.54, 1.807) is 0 Å². The maximum absolute atomic E-state index is 12.0. The third kappa shape index (κ3) is 1.71. The second-order valence-corrected chi connectivity index (χ2v) is 4.87. The number of benzene rings is 1. The lowest BCUT2D eigenvalue weighted by Gasteiger charge is -2.41. The summed E-state index contributed by atoms with van der Waals surface area (Å²) in [5, 5.41) is 0. The van der Waals surface area contributed by atoms with E-state index in [2.05, 4.69) is 6.07 Å². The van der Waals surface area contributed by atoms with E-state index in [0.29, 0.717) is 13.0 Å². The predicted octanol–water partition coefficient (Wildman–Crippen LogP) is 1.70. The number of rotatable bonds is 2. The summed E-state index contributed by atoms with van der Waals surface area (Å²) in [6.07, 6.45) is 1.42. The molecule has 16 heavy (non-hydrogen) atoms. The first-order valence-electron chi connectivity index (χ1n) is 5.67. The zero-order chi connectivity index (χ0) is 11.8. The van der Waals surface area contributed by atoms with Crippen LogP contribution in [0.5, 0.6) is 0 Å². The number of fused-ring (bicyclic) bond motifs is 1. The summed E-state index contributed by atoms with van der Waals surface area (Å²) in [5.74, 6) is 0.175. The van der Waals surface area contributed by atoms with E-state index < -0.39 is 0 Å². The molecule has 1 aliphatic rings. The van der Waals surface area contributed by atoms with Gasteiger partial charge in [0.25, 0.3) is 0 Å². The van der Waals surface area contributed by atoms with Crippen molar-refractivity contribution in [2.75, 3.05) is 11.4 Å². The van der Waals surface area contributed by atoms with Crippen LogP contribution in [-0.4, -0.2) is 18.0 Å². The van der Waals surface area contributed by atoms with E-state index in [1.165, 1.54) is 5.56 Å². The van der Waals surface area contributed by atoms with Gasteiger partial charge < -0.3 is 10.6 Å². The third-order valence-corrected chi connectivity index (χ3v) is 3.19. The van der Waals surface area contributed by atoms with E-state index >= 15 is 0 Å². The molecule has 0 bridgehead atoms. The maximum Gasteiger partial charge on any atom is 0.227 e. The van der Waals surface area contributed by atoms with Gasteiger partial charge in [-0.3, -0.25) is 4.79 Å². The van der Waals surface area contributed by atoms with Crippen LogP contribution in [0, 0.1) is 0 Å². The van der Waals surface area contributed by atoms with Gasteiger partial charge in [0.05, 0.1) is 5.54 Å². The molecule has 0 unspecified atom stereocenters. The number of carbonyl (C=O) groups is 1. The molecule has 0 radical (unpaired) electrons. The van der Waals surface area contributed by atoms with E-state index in [0.717, 1.165) is 12.1 Å². The molecule has 2 rings (SSSR count). The van der Waals surface area contributed by atoms with Gasteiger partial charge in [-0.1, -0.05) is 18.2 Å². The van der Waals surface area contributed by atoms with Crippen molar-refractivity contribution in [2.24, 2.45) is 5.73 Å². The lowest BCUT2D eigenvalue weighted by molar-refractivity contribution is -0.119. The van der Waals surface area contributed by atoms with E-state index in [-0.39, 0.29) is 11.4 Å². The highest BCUT2D eigenvalue weighted by atomic mass is 16.2. The summed E-state index contributed by atoms with van der Waals surface area (Å²) in [7, 11) is 0. The van der Waals surface area contributed by atoms with Gasteiger partial charge in [0, 0.05) is 18.7 Å². The Morgan fingerprint density at radius 3 is 2.69 bits per heavy atom. The molecular weight excluding hydrogens is 200 g/mol. The molecule has 2 N–H and O–H groups in total. The Bertz CT molecular complexity index is 412. The third-order valence-electron chi connectivity index (χ3n) is 3.19. The van der Waals surface area contributed by atoms with Crippen molar-refractivity contribution in [3.05, 3.63) is 29.8 Å². The average molecular weight is 218 g/mol. The first kappa shape index (κ1) is 11.1. The molecule has 1 amide bonds. The zero-order valence-corrected chi connectivity index (χ0v) is 9.86. The SMILES string of the molecule is CC(C)(CN)N1C(=O)CCc2ccccc21. The number of nitrogens with zero attached hydrogens (tertiary/aromatic N) is 1. The molecule has 0 aromatic heterocycles. The van der Waals surface area contributed by atoms with Crippen LogP contribution in [0.25, 0.3) is 0 Å². The molecule has 1 aromatic carbocycles. The number of hydrogen-bond donors (Lipinski definition) is 1. The van der Waals surface area contributed by atoms with Crippen molar-refractivity contribution in [1.29, 1.82) is 0 Å². The maximum atomic E-state index is 12.0. The highest BCUT2D eigenvalue weighted by molar-refractivity contribution is 5.97. The molecule has 1 aliphatic heterocycles. The van der Waals surface area contributed by atoms with E-state index in [4.69, 9.17) is 5.73 Å². The standard InChI is InChI=1S/C13H18N2O/c1-13(2,9-14)15-11-6-4-3-5-10(11)7-8-12(15)16/h3-6H,7-9,14H2,1-2H3. The normalized spacial score (nSPS) is 16.2. The van der Waals surface area contributed by atoms with Crippen molar-refractivity contribution in [1.82, 2.24) is 0 Å². The number of hydrogen-bond acceptors (Lipinski definition) is 2. The second kappa shape index (κ2) is 3.91. The van der Waals surface area contributed by atoms with Crippen molar-refractivity contribution >= 4 is 11.6 Å². The summed E-state index contributed by atoms with van der Waals surface area (Å²) >= 11 is 0. The van der Waals surface area contributed by atoms with Gasteiger partial charge in [-0.05, 0) is 31.9 Å². The fourth-order valence-corrected chi connectivity index (χ4v) is 2.18. The average Bonchev–Trinajstić information content (AvgIpc) is 2.28. The quantitative estimate of drug-likeness (QED) is 0.821. The van der Waals surface area contributed by atoms with Crippen LogP contribution in [0.1, 0.15) is 25.8 Å². The number of aryl methyl sites for hydroxylation is 1. The zero-order valence-electron chi connectivity index (χ0n) is 9.86. The Hall–Kier alpha value is -1.35. The molecule has 0 spiro atoms. The minimum atomic E-state index is -0.312. The Balaban J connectivity index is 2.49. The van der Waals surface area contributed by atoms with E-state index in [9.17, 15) is 4.79 Å². The summed E-state index contributed by atoms with van der Waals surface area (Å²) in [6, 6.07) is 8.07.